The number of phenols is 7. The van der Waals surface area contributed by atoms with Crippen LogP contribution in [0.5, 0.6) is 46.0 Å². The Morgan fingerprint density at radius 1 is 0.848 bits per heavy atom. The quantitative estimate of drug-likeness (QED) is 0.229. The second-order valence-corrected chi connectivity index (χ2v) is 7.69. The highest BCUT2D eigenvalue weighted by atomic mass is 16.6. The maximum Gasteiger partial charge on any atom is 0.338 e. The molecule has 7 N–H and O–H groups in total. The summed E-state index contributed by atoms with van der Waals surface area (Å²) < 4.78 is 11.5. The summed E-state index contributed by atoms with van der Waals surface area (Å²) in [4.78, 5) is 12.8. The monoisotopic (exact) mass is 456 g/mol. The summed E-state index contributed by atoms with van der Waals surface area (Å²) in [6.45, 7) is 1.64. The lowest BCUT2D eigenvalue weighted by molar-refractivity contribution is -0.0191. The molecule has 3 aromatic carbocycles. The Labute approximate surface area is 186 Å². The normalized spacial score (nSPS) is 17.1. The number of aromatic hydroxyl groups is 7. The number of aryl methyl sites for hydroxylation is 1. The van der Waals surface area contributed by atoms with Gasteiger partial charge in [-0.05, 0) is 36.8 Å². The second kappa shape index (κ2) is 7.90. The third-order valence-corrected chi connectivity index (χ3v) is 5.40. The summed E-state index contributed by atoms with van der Waals surface area (Å²) in [6, 6.07) is 6.77. The van der Waals surface area contributed by atoms with E-state index in [-0.39, 0.29) is 40.5 Å². The summed E-state index contributed by atoms with van der Waals surface area (Å²) in [5.41, 5.74) is 0.878. The van der Waals surface area contributed by atoms with E-state index in [1.54, 1.807) is 6.92 Å². The van der Waals surface area contributed by atoms with Crippen LogP contribution in [-0.4, -0.2) is 47.8 Å². The van der Waals surface area contributed by atoms with Gasteiger partial charge in [-0.3, -0.25) is 0 Å². The van der Waals surface area contributed by atoms with E-state index in [0.717, 1.165) is 18.2 Å². The lowest BCUT2D eigenvalue weighted by atomic mass is 9.91. The van der Waals surface area contributed by atoms with E-state index in [1.807, 2.05) is 0 Å². The van der Waals surface area contributed by atoms with Crippen molar-refractivity contribution in [2.75, 3.05) is 0 Å². The van der Waals surface area contributed by atoms with E-state index in [4.69, 9.17) is 9.47 Å². The Morgan fingerprint density at radius 2 is 1.48 bits per heavy atom. The molecule has 0 amide bonds. The van der Waals surface area contributed by atoms with Gasteiger partial charge in [0.25, 0.3) is 0 Å². The number of hydrogen-bond donors (Lipinski definition) is 7. The molecule has 1 aliphatic rings. The Kier molecular flexibility index (Phi) is 5.21. The molecule has 3 aromatic rings. The number of rotatable bonds is 3. The maximum absolute atomic E-state index is 12.8. The third-order valence-electron chi connectivity index (χ3n) is 5.40. The molecule has 2 atom stereocenters. The van der Waals surface area contributed by atoms with Crippen LogP contribution in [0.15, 0.2) is 36.4 Å². The van der Waals surface area contributed by atoms with E-state index in [9.17, 15) is 40.5 Å². The van der Waals surface area contributed by atoms with Gasteiger partial charge in [0.1, 0.15) is 23.4 Å². The number of ether oxygens (including phenoxy) is 2. The van der Waals surface area contributed by atoms with Gasteiger partial charge < -0.3 is 45.2 Å². The minimum atomic E-state index is -1.07. The lowest BCUT2D eigenvalue weighted by Gasteiger charge is -2.34. The fourth-order valence-electron chi connectivity index (χ4n) is 3.75. The highest BCUT2D eigenvalue weighted by Gasteiger charge is 2.37. The van der Waals surface area contributed by atoms with Crippen molar-refractivity contribution in [3.05, 3.63) is 58.7 Å². The summed E-state index contributed by atoms with van der Waals surface area (Å²) in [5, 5.41) is 68.8. The molecule has 10 heteroatoms. The first-order chi connectivity index (χ1) is 15.5. The first-order valence-corrected chi connectivity index (χ1v) is 9.75. The number of carbonyl (C=O) groups is 1. The number of carbonyl (C=O) groups excluding carboxylic acids is 1. The van der Waals surface area contributed by atoms with Gasteiger partial charge >= 0.3 is 5.97 Å². The third kappa shape index (κ3) is 3.93. The number of fused-ring (bicyclic) bond motifs is 1. The van der Waals surface area contributed by atoms with E-state index in [2.05, 4.69) is 0 Å². The van der Waals surface area contributed by atoms with E-state index in [1.165, 1.54) is 18.2 Å². The number of hydrogen-bond acceptors (Lipinski definition) is 10. The molecule has 0 radical (unpaired) electrons. The molecular formula is C23H20O10. The SMILES string of the molecule is Cc1cc(O)c(O)cc1[C@@H]1Oc2cc(O)cc(O)c2C[C@H]1OC(=O)c1cc(O)c(O)c(O)c1. The predicted octanol–water partition coefficient (Wildman–Crippen LogP) is 2.84. The van der Waals surface area contributed by atoms with Crippen molar-refractivity contribution in [1.82, 2.24) is 0 Å². The molecule has 1 heterocycles. The van der Waals surface area contributed by atoms with Crippen LogP contribution in [0.3, 0.4) is 0 Å². The molecule has 1 aliphatic heterocycles. The molecule has 0 spiro atoms. The Balaban J connectivity index is 1.76. The zero-order valence-electron chi connectivity index (χ0n) is 17.2. The van der Waals surface area contributed by atoms with Crippen LogP contribution in [0, 0.1) is 6.92 Å². The number of phenolic OH excluding ortho intramolecular Hbond substituents is 7. The van der Waals surface area contributed by atoms with Crippen molar-refractivity contribution >= 4 is 5.97 Å². The molecular weight excluding hydrogens is 436 g/mol. The maximum atomic E-state index is 12.8. The van der Waals surface area contributed by atoms with Crippen molar-refractivity contribution in [2.45, 2.75) is 25.6 Å². The van der Waals surface area contributed by atoms with E-state index in [0.29, 0.717) is 11.1 Å². The summed E-state index contributed by atoms with van der Waals surface area (Å²) in [7, 11) is 0. The molecule has 10 nitrogen and oxygen atoms in total. The average Bonchev–Trinajstić information content (AvgIpc) is 2.74. The zero-order valence-corrected chi connectivity index (χ0v) is 17.2. The lowest BCUT2D eigenvalue weighted by Crippen LogP contribution is -2.35. The van der Waals surface area contributed by atoms with E-state index < -0.39 is 41.2 Å². The van der Waals surface area contributed by atoms with Gasteiger partial charge in [-0.2, -0.15) is 0 Å². The van der Waals surface area contributed by atoms with Gasteiger partial charge in [0, 0.05) is 29.7 Å². The number of benzene rings is 3. The molecule has 0 saturated carbocycles. The van der Waals surface area contributed by atoms with Crippen LogP contribution in [0.4, 0.5) is 0 Å². The highest BCUT2D eigenvalue weighted by molar-refractivity contribution is 5.91. The minimum absolute atomic E-state index is 0.0466. The fraction of sp³-hybridized carbons (Fsp3) is 0.174. The van der Waals surface area contributed by atoms with Gasteiger partial charge in [-0.1, -0.05) is 0 Å². The molecule has 4 rings (SSSR count). The molecule has 0 fully saturated rings. The van der Waals surface area contributed by atoms with Crippen molar-refractivity contribution in [3.63, 3.8) is 0 Å². The molecule has 0 aliphatic carbocycles. The van der Waals surface area contributed by atoms with Crippen molar-refractivity contribution < 1.29 is 50.0 Å². The molecule has 0 bridgehead atoms. The van der Waals surface area contributed by atoms with Crippen LogP contribution in [0.25, 0.3) is 0 Å². The van der Waals surface area contributed by atoms with Crippen LogP contribution in [-0.2, 0) is 11.2 Å². The first-order valence-electron chi connectivity index (χ1n) is 9.75. The summed E-state index contributed by atoms with van der Waals surface area (Å²) in [5.74, 6) is -4.39. The molecule has 0 aromatic heterocycles. The Hall–Kier alpha value is -4.47. The van der Waals surface area contributed by atoms with Crippen molar-refractivity contribution in [3.8, 4) is 46.0 Å². The van der Waals surface area contributed by atoms with E-state index >= 15 is 0 Å². The molecule has 0 unspecified atom stereocenters. The minimum Gasteiger partial charge on any atom is -0.508 e. The summed E-state index contributed by atoms with van der Waals surface area (Å²) >= 11 is 0. The van der Waals surface area contributed by atoms with Gasteiger partial charge in [-0.25, -0.2) is 4.79 Å². The highest BCUT2D eigenvalue weighted by Crippen LogP contribution is 2.45. The van der Waals surface area contributed by atoms with Gasteiger partial charge in [0.15, 0.2) is 34.9 Å². The Morgan fingerprint density at radius 3 is 2.15 bits per heavy atom. The predicted molar refractivity (Wildman–Crippen MR) is 112 cm³/mol. The first kappa shape index (κ1) is 21.8. The average molecular weight is 456 g/mol. The van der Waals surface area contributed by atoms with Crippen molar-refractivity contribution in [2.24, 2.45) is 0 Å². The molecule has 172 valence electrons. The van der Waals surface area contributed by atoms with Crippen molar-refractivity contribution in [1.29, 1.82) is 0 Å². The largest absolute Gasteiger partial charge is 0.508 e. The zero-order chi connectivity index (χ0) is 24.0. The smallest absolute Gasteiger partial charge is 0.338 e. The van der Waals surface area contributed by atoms with Gasteiger partial charge in [0.2, 0.25) is 0 Å². The summed E-state index contributed by atoms with van der Waals surface area (Å²) in [6.07, 6.45) is -2.13. The van der Waals surface area contributed by atoms with Crippen LogP contribution < -0.4 is 4.74 Å². The second-order valence-electron chi connectivity index (χ2n) is 7.69. The van der Waals surface area contributed by atoms with Crippen LogP contribution >= 0.6 is 0 Å². The topological polar surface area (TPSA) is 177 Å². The molecule has 33 heavy (non-hydrogen) atoms. The number of esters is 1. The van der Waals surface area contributed by atoms with Gasteiger partial charge in [-0.15, -0.1) is 0 Å². The standard InChI is InChI=1S/C23H20O10/c1-9-2-15(26)16(27)7-12(9)22-20(8-13-14(25)5-11(24)6-19(13)32-22)33-23(31)10-3-17(28)21(30)18(29)4-10/h2-7,20,22,24-30H,8H2,1H3/t20-,22+/m1/s1. The van der Waals surface area contributed by atoms with Gasteiger partial charge in [0.05, 0.1) is 5.56 Å². The Bertz CT molecular complexity index is 1240. The molecule has 0 saturated heterocycles. The fourth-order valence-corrected chi connectivity index (χ4v) is 3.75. The van der Waals surface area contributed by atoms with Crippen LogP contribution in [0.1, 0.15) is 33.2 Å². The van der Waals surface area contributed by atoms with Crippen LogP contribution in [0.2, 0.25) is 0 Å².